The van der Waals surface area contributed by atoms with E-state index in [0.717, 1.165) is 12.4 Å². The lowest BCUT2D eigenvalue weighted by molar-refractivity contribution is -0.106. The molecule has 0 rings (SSSR count). The van der Waals surface area contributed by atoms with Gasteiger partial charge in [-0.15, -0.1) is 0 Å². The van der Waals surface area contributed by atoms with Gasteiger partial charge in [0.05, 0.1) is 0 Å². The fraction of sp³-hybridized carbons (Fsp3) is 0.333. The van der Waals surface area contributed by atoms with Gasteiger partial charge in [-0.2, -0.15) is 0 Å². The molecule has 1 N–H and O–H groups in total. The van der Waals surface area contributed by atoms with E-state index in [0.29, 0.717) is 0 Å². The summed E-state index contributed by atoms with van der Waals surface area (Å²) in [5.74, 6) is 0. The van der Waals surface area contributed by atoms with Crippen LogP contribution in [0.25, 0.3) is 0 Å². The van der Waals surface area contributed by atoms with Crippen molar-refractivity contribution in [1.82, 2.24) is 0 Å². The van der Waals surface area contributed by atoms with Crippen molar-refractivity contribution in [3.63, 3.8) is 0 Å². The molecule has 0 aromatic carbocycles. The monoisotopic (exact) mass is 87.0 g/mol. The largest absolute Gasteiger partial charge is 0.304 e. The summed E-state index contributed by atoms with van der Waals surface area (Å²) >= 11 is 0. The molecule has 0 aliphatic rings. The Morgan fingerprint density at radius 2 is 1.83 bits per heavy atom. The highest BCUT2D eigenvalue weighted by Crippen LogP contribution is 1.13. The second kappa shape index (κ2) is 34.2. The Kier molecular flexibility index (Phi) is 50.7. The van der Waals surface area contributed by atoms with Crippen LogP contribution in [0.3, 0.4) is 0 Å². The van der Waals surface area contributed by atoms with Crippen molar-refractivity contribution in [2.24, 2.45) is 0 Å². The zero-order valence-electron chi connectivity index (χ0n) is 3.39. The molecule has 0 unspecified atom stereocenters. The zero-order chi connectivity index (χ0) is 5.41. The Labute approximate surface area is 35.5 Å². The Hall–Kier alpha value is -0.950. The fourth-order valence-corrected chi connectivity index (χ4v) is 0. The first-order valence-corrected chi connectivity index (χ1v) is 1.27. The van der Waals surface area contributed by atoms with Crippen molar-refractivity contribution in [2.45, 2.75) is 6.92 Å². The van der Waals surface area contributed by atoms with Gasteiger partial charge in [0.15, 0.2) is 0 Å². The molecule has 0 heterocycles. The van der Waals surface area contributed by atoms with Crippen molar-refractivity contribution >= 4 is 12.4 Å². The summed E-state index contributed by atoms with van der Waals surface area (Å²) in [7, 11) is 0. The van der Waals surface area contributed by atoms with Gasteiger partial charge in [0.25, 0.3) is 0 Å². The number of isocyanates is 1. The quantitative estimate of drug-likeness (QED) is 0.259. The maximum atomic E-state index is 8.81. The fourth-order valence-electron chi connectivity index (χ4n) is 0. The third kappa shape index (κ3) is 14.2. The number of rotatable bonds is 0. The van der Waals surface area contributed by atoms with Crippen LogP contribution in [0.1, 0.15) is 6.92 Å². The maximum absolute atomic E-state index is 8.81. The van der Waals surface area contributed by atoms with Crippen LogP contribution < -0.4 is 0 Å². The minimum absolute atomic E-state index is 0.750. The molecule has 0 atom stereocenters. The highest BCUT2D eigenvalue weighted by Gasteiger charge is 1.24. The van der Waals surface area contributed by atoms with Gasteiger partial charge in [-0.25, -0.2) is 10.2 Å². The van der Waals surface area contributed by atoms with Gasteiger partial charge >= 0.3 is 0 Å². The molecule has 0 saturated carbocycles. The van der Waals surface area contributed by atoms with Crippen LogP contribution in [0, 0.1) is 5.41 Å². The van der Waals surface area contributed by atoms with Crippen molar-refractivity contribution in [2.75, 3.05) is 0 Å². The molecule has 3 nitrogen and oxygen atoms in total. The molecule has 0 radical (unpaired) electrons. The summed E-state index contributed by atoms with van der Waals surface area (Å²) in [5, 5.41) is 5.40. The first-order valence-electron chi connectivity index (χ1n) is 1.27. The van der Waals surface area contributed by atoms with Gasteiger partial charge in [-0.1, -0.05) is 0 Å². The van der Waals surface area contributed by atoms with E-state index in [1.54, 1.807) is 0 Å². The van der Waals surface area contributed by atoms with Gasteiger partial charge < -0.3 is 4.79 Å². The first-order chi connectivity index (χ1) is 2.83. The van der Waals surface area contributed by atoms with Crippen LogP contribution in [-0.2, 0) is 9.59 Å². The van der Waals surface area contributed by atoms with E-state index in [4.69, 9.17) is 15.0 Å². The number of carbonyl (C=O) groups excluding carboxylic acids is 2. The highest BCUT2D eigenvalue weighted by atomic mass is 16.1. The van der Waals surface area contributed by atoms with Crippen LogP contribution in [0.2, 0.25) is 0 Å². The summed E-state index contributed by atoms with van der Waals surface area (Å²) in [4.78, 5) is 17.2. The molecule has 0 amide bonds. The van der Waals surface area contributed by atoms with E-state index in [2.05, 4.69) is 0 Å². The topological polar surface area (TPSA) is 58.0 Å². The van der Waals surface area contributed by atoms with Gasteiger partial charge in [0.2, 0.25) is 6.08 Å². The molecule has 0 aliphatic carbocycles. The van der Waals surface area contributed by atoms with Gasteiger partial charge in [0.1, 0.15) is 6.29 Å². The first kappa shape index (κ1) is 8.90. The summed E-state index contributed by atoms with van der Waals surface area (Å²) in [5.41, 5.74) is 0. The SMILES string of the molecule is CC=O.N=C=O. The van der Waals surface area contributed by atoms with Crippen LogP contribution >= 0.6 is 0 Å². The molecule has 6 heavy (non-hydrogen) atoms. The highest BCUT2D eigenvalue weighted by molar-refractivity contribution is 5.44. The summed E-state index contributed by atoms with van der Waals surface area (Å²) in [6.45, 7) is 1.44. The second-order valence-corrected chi connectivity index (χ2v) is 0.338. The third-order valence-corrected chi connectivity index (χ3v) is 0. The average Bonchev–Trinajstić information content (AvgIpc) is 1.39. The van der Waals surface area contributed by atoms with E-state index < -0.39 is 0 Å². The smallest absolute Gasteiger partial charge is 0.231 e. The van der Waals surface area contributed by atoms with Gasteiger partial charge in [-0.05, 0) is 6.92 Å². The molecule has 0 bridgehead atoms. The molecule has 0 aliphatic heterocycles. The van der Waals surface area contributed by atoms with E-state index in [9.17, 15) is 0 Å². The molecular formula is C3H5NO2. The molecule has 0 saturated heterocycles. The van der Waals surface area contributed by atoms with Crippen LogP contribution in [0.15, 0.2) is 0 Å². The van der Waals surface area contributed by atoms with Crippen molar-refractivity contribution in [1.29, 1.82) is 5.41 Å². The Balaban J connectivity index is 0. The number of hydrogen-bond acceptors (Lipinski definition) is 3. The Morgan fingerprint density at radius 1 is 1.83 bits per heavy atom. The molecule has 34 valence electrons. The second-order valence-electron chi connectivity index (χ2n) is 0.338. The van der Waals surface area contributed by atoms with Crippen LogP contribution in [-0.4, -0.2) is 12.4 Å². The lowest BCUT2D eigenvalue weighted by Crippen LogP contribution is -1.36. The predicted molar refractivity (Wildman–Crippen MR) is 20.2 cm³/mol. The number of hydrogen-bond donors (Lipinski definition) is 1. The van der Waals surface area contributed by atoms with Gasteiger partial charge in [-0.3, -0.25) is 0 Å². The Bertz CT molecular complexity index is 53.8. The maximum Gasteiger partial charge on any atom is 0.231 e. The molecular weight excluding hydrogens is 82.0 g/mol. The molecule has 0 fully saturated rings. The lowest BCUT2D eigenvalue weighted by Gasteiger charge is -1.23. The number of carbonyl (C=O) groups is 1. The summed E-state index contributed by atoms with van der Waals surface area (Å²) in [6, 6.07) is 0. The summed E-state index contributed by atoms with van der Waals surface area (Å²) in [6.07, 6.45) is 1.50. The van der Waals surface area contributed by atoms with E-state index in [1.165, 1.54) is 6.92 Å². The molecule has 0 spiro atoms. The van der Waals surface area contributed by atoms with Crippen LogP contribution in [0.4, 0.5) is 0 Å². The lowest BCUT2D eigenvalue weighted by atomic mass is 11.0. The van der Waals surface area contributed by atoms with E-state index >= 15 is 0 Å². The minimum atomic E-state index is 0.750. The standard InChI is InChI=1S/C2H4O.CHNO/c1-2-3;2-1-3/h2H,1H3;2H. The van der Waals surface area contributed by atoms with E-state index in [-0.39, 0.29) is 0 Å². The number of nitrogens with one attached hydrogen (secondary N) is 1. The molecule has 3 heteroatoms. The van der Waals surface area contributed by atoms with Crippen LogP contribution in [0.5, 0.6) is 0 Å². The van der Waals surface area contributed by atoms with E-state index in [1.807, 2.05) is 0 Å². The summed E-state index contributed by atoms with van der Waals surface area (Å²) < 4.78 is 0. The van der Waals surface area contributed by atoms with Crippen molar-refractivity contribution < 1.29 is 9.59 Å². The molecule has 0 aromatic rings. The normalized spacial score (nSPS) is 3.50. The molecule has 0 aromatic heterocycles. The van der Waals surface area contributed by atoms with Gasteiger partial charge in [0, 0.05) is 0 Å². The minimum Gasteiger partial charge on any atom is -0.304 e. The average molecular weight is 87.1 g/mol. The number of aldehydes is 1. The third-order valence-electron chi connectivity index (χ3n) is 0. The predicted octanol–water partition coefficient (Wildman–Crippen LogP) is 0.106. The van der Waals surface area contributed by atoms with Crippen molar-refractivity contribution in [3.05, 3.63) is 0 Å². The Morgan fingerprint density at radius 3 is 1.83 bits per heavy atom. The van der Waals surface area contributed by atoms with Crippen molar-refractivity contribution in [3.8, 4) is 0 Å². The zero-order valence-corrected chi connectivity index (χ0v) is 3.39.